The van der Waals surface area contributed by atoms with Gasteiger partial charge in [-0.15, -0.1) is 0 Å². The van der Waals surface area contributed by atoms with Gasteiger partial charge in [-0.05, 0) is 79.9 Å². The van der Waals surface area contributed by atoms with Crippen LogP contribution in [-0.4, -0.2) is 57.6 Å². The van der Waals surface area contributed by atoms with E-state index in [4.69, 9.17) is 5.73 Å². The average molecular weight is 552 g/mol. The summed E-state index contributed by atoms with van der Waals surface area (Å²) in [7, 11) is 0. The molecule has 2 fully saturated rings. The van der Waals surface area contributed by atoms with Crippen molar-refractivity contribution in [1.29, 1.82) is 0 Å². The van der Waals surface area contributed by atoms with Crippen molar-refractivity contribution in [3.05, 3.63) is 119 Å². The highest BCUT2D eigenvalue weighted by Gasteiger charge is 2.34. The third-order valence-electron chi connectivity index (χ3n) is 8.47. The molecule has 2 aliphatic heterocycles. The van der Waals surface area contributed by atoms with Gasteiger partial charge in [0.15, 0.2) is 0 Å². The van der Waals surface area contributed by atoms with Crippen LogP contribution in [0.1, 0.15) is 68.6 Å². The highest BCUT2D eigenvalue weighted by atomic mass is 19.1. The van der Waals surface area contributed by atoms with Crippen LogP contribution in [0.25, 0.3) is 5.69 Å². The largest absolute Gasteiger partial charge is 0.366 e. The number of nitrogens with two attached hydrogens (primary N) is 1. The third kappa shape index (κ3) is 5.79. The lowest BCUT2D eigenvalue weighted by atomic mass is 9.90. The van der Waals surface area contributed by atoms with Crippen LogP contribution in [0.15, 0.2) is 85.1 Å². The molecular weight excluding hydrogens is 517 g/mol. The Morgan fingerprint density at radius 2 is 1.54 bits per heavy atom. The van der Waals surface area contributed by atoms with Crippen molar-refractivity contribution < 1.29 is 14.0 Å². The number of aromatic nitrogens is 2. The zero-order valence-corrected chi connectivity index (χ0v) is 23.0. The number of halogens is 1. The van der Waals surface area contributed by atoms with E-state index < -0.39 is 5.91 Å². The quantitative estimate of drug-likeness (QED) is 0.346. The fourth-order valence-electron chi connectivity index (χ4n) is 6.21. The summed E-state index contributed by atoms with van der Waals surface area (Å²) < 4.78 is 15.6. The molecule has 3 aromatic carbocycles. The van der Waals surface area contributed by atoms with Crippen molar-refractivity contribution in [1.82, 2.24) is 19.6 Å². The maximum absolute atomic E-state index is 13.9. The summed E-state index contributed by atoms with van der Waals surface area (Å²) in [5.41, 5.74) is 10.6. The first-order chi connectivity index (χ1) is 20.0. The molecule has 1 aromatic heterocycles. The van der Waals surface area contributed by atoms with Crippen molar-refractivity contribution in [2.45, 2.75) is 37.6 Å². The Morgan fingerprint density at radius 3 is 2.22 bits per heavy atom. The first kappa shape index (κ1) is 26.9. The molecule has 1 atom stereocenters. The number of primary amides is 1. The van der Waals surface area contributed by atoms with Gasteiger partial charge in [-0.3, -0.25) is 14.5 Å². The number of carbonyl (C=O) groups is 2. The van der Waals surface area contributed by atoms with E-state index in [1.165, 1.54) is 17.7 Å². The van der Waals surface area contributed by atoms with Gasteiger partial charge in [-0.1, -0.05) is 42.5 Å². The fraction of sp³-hybridized carbons (Fsp3) is 0.303. The van der Waals surface area contributed by atoms with Crippen LogP contribution in [0.2, 0.25) is 0 Å². The predicted molar refractivity (Wildman–Crippen MR) is 155 cm³/mol. The van der Waals surface area contributed by atoms with E-state index in [0.29, 0.717) is 30.1 Å². The molecule has 210 valence electrons. The standard InChI is InChI=1S/C33H34FN5O2/c34-28-10-12-29(13-11-28)39-31(25-14-17-37(18-15-25)21-23-6-8-26(9-7-23)32(35)40)30(20-36-39)33(41)38-19-16-27(22-38)24-4-2-1-3-5-24/h1-13,20,25,27H,14-19,21-22H2,(H2,35,40)/t27-/m0/s1. The molecule has 3 heterocycles. The number of carbonyl (C=O) groups excluding carboxylic acids is 2. The molecule has 0 unspecified atom stereocenters. The third-order valence-corrected chi connectivity index (χ3v) is 8.47. The Bertz CT molecular complexity index is 1510. The minimum Gasteiger partial charge on any atom is -0.366 e. The number of hydrogen-bond donors (Lipinski definition) is 1. The first-order valence-corrected chi connectivity index (χ1v) is 14.3. The van der Waals surface area contributed by atoms with Crippen molar-refractivity contribution >= 4 is 11.8 Å². The molecule has 0 radical (unpaired) electrons. The summed E-state index contributed by atoms with van der Waals surface area (Å²) in [5.74, 6) is -0.243. The lowest BCUT2D eigenvalue weighted by Crippen LogP contribution is -2.34. The summed E-state index contributed by atoms with van der Waals surface area (Å²) >= 11 is 0. The summed E-state index contributed by atoms with van der Waals surface area (Å²) in [6.07, 6.45) is 4.39. The predicted octanol–water partition coefficient (Wildman–Crippen LogP) is 5.12. The molecule has 6 rings (SSSR count). The van der Waals surface area contributed by atoms with E-state index in [1.54, 1.807) is 30.5 Å². The van der Waals surface area contributed by atoms with Gasteiger partial charge < -0.3 is 10.6 Å². The minimum absolute atomic E-state index is 0.0174. The number of amides is 2. The zero-order chi connectivity index (χ0) is 28.3. The van der Waals surface area contributed by atoms with E-state index in [9.17, 15) is 14.0 Å². The molecule has 2 amide bonds. The molecule has 0 bridgehead atoms. The highest BCUT2D eigenvalue weighted by Crippen LogP contribution is 2.35. The topological polar surface area (TPSA) is 84.5 Å². The van der Waals surface area contributed by atoms with Crippen LogP contribution in [0, 0.1) is 5.82 Å². The van der Waals surface area contributed by atoms with Crippen molar-refractivity contribution in [3.8, 4) is 5.69 Å². The van der Waals surface area contributed by atoms with Gasteiger partial charge in [0.25, 0.3) is 5.91 Å². The van der Waals surface area contributed by atoms with Crippen LogP contribution in [0.5, 0.6) is 0 Å². The molecule has 7 nitrogen and oxygen atoms in total. The molecule has 0 spiro atoms. The number of nitrogens with zero attached hydrogens (tertiary/aromatic N) is 4. The van der Waals surface area contributed by atoms with Gasteiger partial charge >= 0.3 is 0 Å². The summed E-state index contributed by atoms with van der Waals surface area (Å²) in [4.78, 5) is 29.7. The maximum Gasteiger partial charge on any atom is 0.257 e. The molecule has 0 aliphatic carbocycles. The zero-order valence-electron chi connectivity index (χ0n) is 23.0. The normalized spacial score (nSPS) is 18.1. The lowest BCUT2D eigenvalue weighted by molar-refractivity contribution is 0.0787. The Labute approximate surface area is 239 Å². The van der Waals surface area contributed by atoms with E-state index in [1.807, 2.05) is 39.9 Å². The van der Waals surface area contributed by atoms with E-state index in [-0.39, 0.29) is 17.6 Å². The van der Waals surface area contributed by atoms with E-state index in [2.05, 4.69) is 22.1 Å². The number of rotatable bonds is 7. The molecule has 2 saturated heterocycles. The number of likely N-dealkylation sites (tertiary alicyclic amines) is 2. The van der Waals surface area contributed by atoms with Crippen molar-refractivity contribution in [2.24, 2.45) is 5.73 Å². The van der Waals surface area contributed by atoms with Crippen LogP contribution in [0.3, 0.4) is 0 Å². The Kier molecular flexibility index (Phi) is 7.65. The lowest BCUT2D eigenvalue weighted by Gasteiger charge is -2.33. The second-order valence-electron chi connectivity index (χ2n) is 11.1. The number of hydrogen-bond acceptors (Lipinski definition) is 4. The molecule has 41 heavy (non-hydrogen) atoms. The Morgan fingerprint density at radius 1 is 0.854 bits per heavy atom. The van der Waals surface area contributed by atoms with E-state index in [0.717, 1.165) is 55.8 Å². The maximum atomic E-state index is 13.9. The van der Waals surface area contributed by atoms with Gasteiger partial charge in [0.05, 0.1) is 23.1 Å². The van der Waals surface area contributed by atoms with Crippen molar-refractivity contribution in [2.75, 3.05) is 26.2 Å². The smallest absolute Gasteiger partial charge is 0.257 e. The summed E-state index contributed by atoms with van der Waals surface area (Å²) in [5, 5.41) is 4.67. The SMILES string of the molecule is NC(=O)c1ccc(CN2CCC(c3c(C(=O)N4CC[C@H](c5ccccc5)C4)cnn3-c3ccc(F)cc3)CC2)cc1. The van der Waals surface area contributed by atoms with Crippen LogP contribution in [0.4, 0.5) is 4.39 Å². The fourth-order valence-corrected chi connectivity index (χ4v) is 6.21. The monoisotopic (exact) mass is 551 g/mol. The molecule has 0 saturated carbocycles. The van der Waals surface area contributed by atoms with Gasteiger partial charge in [-0.25, -0.2) is 9.07 Å². The minimum atomic E-state index is -0.426. The van der Waals surface area contributed by atoms with E-state index >= 15 is 0 Å². The van der Waals surface area contributed by atoms with Gasteiger partial charge in [0.1, 0.15) is 5.82 Å². The summed E-state index contributed by atoms with van der Waals surface area (Å²) in [6.45, 7) is 3.92. The second kappa shape index (κ2) is 11.7. The van der Waals surface area contributed by atoms with Crippen LogP contribution >= 0.6 is 0 Å². The highest BCUT2D eigenvalue weighted by molar-refractivity contribution is 5.96. The molecular formula is C33H34FN5O2. The Balaban J connectivity index is 1.21. The van der Waals surface area contributed by atoms with Crippen molar-refractivity contribution in [3.63, 3.8) is 0 Å². The van der Waals surface area contributed by atoms with Gasteiger partial charge in [0, 0.05) is 37.0 Å². The van der Waals surface area contributed by atoms with Crippen LogP contribution < -0.4 is 5.73 Å². The second-order valence-corrected chi connectivity index (χ2v) is 11.1. The number of benzene rings is 3. The summed E-state index contributed by atoms with van der Waals surface area (Å²) in [6, 6.07) is 24.1. The Hall–Kier alpha value is -4.30. The first-order valence-electron chi connectivity index (χ1n) is 14.3. The van der Waals surface area contributed by atoms with Crippen LogP contribution in [-0.2, 0) is 6.54 Å². The molecule has 8 heteroatoms. The molecule has 2 N–H and O–H groups in total. The molecule has 4 aromatic rings. The number of piperidine rings is 1. The van der Waals surface area contributed by atoms with Gasteiger partial charge in [-0.2, -0.15) is 5.10 Å². The van der Waals surface area contributed by atoms with Gasteiger partial charge in [0.2, 0.25) is 5.91 Å². The average Bonchev–Trinajstić information content (AvgIpc) is 3.67. The molecule has 2 aliphatic rings.